The van der Waals surface area contributed by atoms with Crippen molar-refractivity contribution in [1.82, 2.24) is 0 Å². The average Bonchev–Trinajstić information content (AvgIpc) is 2.68. The van der Waals surface area contributed by atoms with Crippen LogP contribution < -0.4 is 0 Å². The summed E-state index contributed by atoms with van der Waals surface area (Å²) in [7, 11) is 0. The molecule has 1 aromatic carbocycles. The quantitative estimate of drug-likeness (QED) is 0.396. The molecule has 1 heteroatoms. The monoisotopic (exact) mass is 383 g/mol. The first-order valence-corrected chi connectivity index (χ1v) is 5.60. The summed E-state index contributed by atoms with van der Waals surface area (Å²) >= 11 is 0. The van der Waals surface area contributed by atoms with Crippen molar-refractivity contribution < 1.29 is 25.8 Å². The molecule has 1 rings (SSSR count). The fourth-order valence-corrected chi connectivity index (χ4v) is 0.961. The summed E-state index contributed by atoms with van der Waals surface area (Å²) in [6, 6.07) is 8.58. The van der Waals surface area contributed by atoms with Gasteiger partial charge in [-0.2, -0.15) is 17.7 Å². The van der Waals surface area contributed by atoms with Crippen LogP contribution in [0.15, 0.2) is 48.6 Å². The Morgan fingerprint density at radius 2 is 1.81 bits per heavy atom. The van der Waals surface area contributed by atoms with Crippen molar-refractivity contribution in [3.8, 4) is 0 Å². The van der Waals surface area contributed by atoms with Crippen molar-refractivity contribution in [3.63, 3.8) is 0 Å². The molecule has 1 aromatic rings. The molecule has 0 fully saturated rings. The van der Waals surface area contributed by atoms with E-state index in [1.807, 2.05) is 13.8 Å². The standard InChI is InChI=1S/C9H13.C6H10.Hf/c1-2-3-6-9-7-4-5-8-9;1-5(2)6(3)4;/h4-5,7-8H,2-3,6H2,1H3;1,3H2,2,4H3;/q-1;;. The Labute approximate surface area is 120 Å². The van der Waals surface area contributed by atoms with Crippen LogP contribution in [-0.2, 0) is 32.3 Å². The van der Waals surface area contributed by atoms with E-state index < -0.39 is 0 Å². The van der Waals surface area contributed by atoms with Crippen LogP contribution in [0.1, 0.15) is 39.2 Å². The molecule has 0 aliphatic carbocycles. The van der Waals surface area contributed by atoms with E-state index in [1.165, 1.54) is 24.8 Å². The molecule has 0 N–H and O–H groups in total. The smallest absolute Gasteiger partial charge is 0 e. The molecule has 0 amide bonds. The number of rotatable bonds is 4. The number of allylic oxidation sites excluding steroid dienone is 2. The Bertz CT molecular complexity index is 268. The van der Waals surface area contributed by atoms with Gasteiger partial charge in [0.25, 0.3) is 0 Å². The van der Waals surface area contributed by atoms with Gasteiger partial charge in [-0.15, -0.1) is 0 Å². The number of hydrogen-bond acceptors (Lipinski definition) is 0. The first-order valence-electron chi connectivity index (χ1n) is 5.60. The average molecular weight is 382 g/mol. The first-order chi connectivity index (χ1) is 7.07. The topological polar surface area (TPSA) is 0 Å². The van der Waals surface area contributed by atoms with Crippen molar-refractivity contribution >= 4 is 0 Å². The number of aryl methyl sites for hydroxylation is 1. The number of hydrogen-bond donors (Lipinski definition) is 0. The van der Waals surface area contributed by atoms with Gasteiger partial charge in [-0.1, -0.05) is 50.5 Å². The summed E-state index contributed by atoms with van der Waals surface area (Å²) in [5.41, 5.74) is 3.61. The van der Waals surface area contributed by atoms with Crippen LogP contribution >= 0.6 is 0 Å². The maximum atomic E-state index is 3.66. The van der Waals surface area contributed by atoms with Gasteiger partial charge in [-0.3, -0.25) is 0 Å². The maximum absolute atomic E-state index is 3.66. The fourth-order valence-electron chi connectivity index (χ4n) is 0.961. The van der Waals surface area contributed by atoms with Crippen LogP contribution in [-0.4, -0.2) is 0 Å². The van der Waals surface area contributed by atoms with E-state index >= 15 is 0 Å². The molecule has 0 bridgehead atoms. The molecular weight excluding hydrogens is 359 g/mol. The zero-order valence-electron chi connectivity index (χ0n) is 10.8. The molecule has 0 spiro atoms. The molecule has 16 heavy (non-hydrogen) atoms. The second-order valence-electron chi connectivity index (χ2n) is 3.96. The Morgan fingerprint density at radius 1 is 1.25 bits per heavy atom. The van der Waals surface area contributed by atoms with Gasteiger partial charge >= 0.3 is 0 Å². The van der Waals surface area contributed by atoms with E-state index in [2.05, 4.69) is 44.3 Å². The summed E-state index contributed by atoms with van der Waals surface area (Å²) in [5.74, 6) is 0. The van der Waals surface area contributed by atoms with Gasteiger partial charge in [0, 0.05) is 25.8 Å². The molecule has 0 atom stereocenters. The summed E-state index contributed by atoms with van der Waals surface area (Å²) in [5, 5.41) is 0. The van der Waals surface area contributed by atoms with Crippen molar-refractivity contribution in [1.29, 1.82) is 0 Å². The van der Waals surface area contributed by atoms with Gasteiger partial charge in [-0.25, -0.2) is 12.1 Å². The van der Waals surface area contributed by atoms with Crippen LogP contribution in [0.3, 0.4) is 0 Å². The molecule has 88 valence electrons. The Morgan fingerprint density at radius 3 is 2.12 bits per heavy atom. The van der Waals surface area contributed by atoms with Gasteiger partial charge in [0.2, 0.25) is 0 Å². The molecule has 0 saturated heterocycles. The summed E-state index contributed by atoms with van der Waals surface area (Å²) in [4.78, 5) is 0. The molecule has 0 radical (unpaired) electrons. The Balaban J connectivity index is 0. The maximum Gasteiger partial charge on any atom is 0 e. The molecule has 0 heterocycles. The van der Waals surface area contributed by atoms with E-state index in [0.29, 0.717) is 0 Å². The summed E-state index contributed by atoms with van der Waals surface area (Å²) in [6.07, 6.45) is 3.87. The SMILES string of the molecule is C=C(C)C(=C)C.CCCCc1ccc[cH-]1.[Hf]. The molecule has 0 aliphatic heterocycles. The van der Waals surface area contributed by atoms with E-state index in [1.54, 1.807) is 0 Å². The van der Waals surface area contributed by atoms with Crippen LogP contribution in [0.5, 0.6) is 0 Å². The molecule has 0 aromatic heterocycles. The Hall–Kier alpha value is -0.300. The van der Waals surface area contributed by atoms with Crippen molar-refractivity contribution in [2.75, 3.05) is 0 Å². The third kappa shape index (κ3) is 10.2. The minimum atomic E-state index is 0. The molecule has 0 unspecified atom stereocenters. The molecule has 0 nitrogen and oxygen atoms in total. The third-order valence-electron chi connectivity index (χ3n) is 2.28. The van der Waals surface area contributed by atoms with E-state index in [0.717, 1.165) is 11.1 Å². The summed E-state index contributed by atoms with van der Waals surface area (Å²) in [6.45, 7) is 13.4. The van der Waals surface area contributed by atoms with Gasteiger partial charge in [0.15, 0.2) is 0 Å². The summed E-state index contributed by atoms with van der Waals surface area (Å²) < 4.78 is 0. The van der Waals surface area contributed by atoms with Crippen LogP contribution in [0, 0.1) is 0 Å². The zero-order valence-corrected chi connectivity index (χ0v) is 14.4. The largest absolute Gasteiger partial charge is 0.213 e. The minimum absolute atomic E-state index is 0. The predicted octanol–water partition coefficient (Wildman–Crippen LogP) is 4.88. The Kier molecular flexibility index (Phi) is 12.6. The van der Waals surface area contributed by atoms with Crippen molar-refractivity contribution in [2.24, 2.45) is 0 Å². The second kappa shape index (κ2) is 11.2. The van der Waals surface area contributed by atoms with E-state index in [-0.39, 0.29) is 25.8 Å². The normalized spacial score (nSPS) is 8.44. The van der Waals surface area contributed by atoms with Gasteiger partial charge < -0.3 is 0 Å². The van der Waals surface area contributed by atoms with E-state index in [9.17, 15) is 0 Å². The first kappa shape index (κ1) is 18.1. The van der Waals surface area contributed by atoms with E-state index in [4.69, 9.17) is 0 Å². The predicted molar refractivity (Wildman–Crippen MR) is 70.3 cm³/mol. The second-order valence-corrected chi connectivity index (χ2v) is 3.96. The molecule has 0 saturated carbocycles. The third-order valence-corrected chi connectivity index (χ3v) is 2.28. The van der Waals surface area contributed by atoms with Crippen LogP contribution in [0.4, 0.5) is 0 Å². The minimum Gasteiger partial charge on any atom is -0.213 e. The number of unbranched alkanes of at least 4 members (excludes halogenated alkanes) is 1. The van der Waals surface area contributed by atoms with Crippen molar-refractivity contribution in [2.45, 2.75) is 40.0 Å². The zero-order chi connectivity index (χ0) is 11.7. The fraction of sp³-hybridized carbons (Fsp3) is 0.400. The van der Waals surface area contributed by atoms with Gasteiger partial charge in [-0.05, 0) is 13.8 Å². The van der Waals surface area contributed by atoms with Gasteiger partial charge in [0.05, 0.1) is 0 Å². The molecular formula is C15H23Hf-. The van der Waals surface area contributed by atoms with Crippen LogP contribution in [0.2, 0.25) is 0 Å². The van der Waals surface area contributed by atoms with Crippen molar-refractivity contribution in [3.05, 3.63) is 54.1 Å². The van der Waals surface area contributed by atoms with Gasteiger partial charge in [0.1, 0.15) is 0 Å². The molecule has 0 aliphatic rings. The van der Waals surface area contributed by atoms with Crippen LogP contribution in [0.25, 0.3) is 0 Å².